The van der Waals surface area contributed by atoms with Crippen LogP contribution in [-0.2, 0) is 21.9 Å². The molecule has 0 saturated carbocycles. The Hall–Kier alpha value is -3.63. The number of nitrogens with zero attached hydrogens (tertiary/aromatic N) is 5. The van der Waals surface area contributed by atoms with E-state index in [0.29, 0.717) is 31.7 Å². The van der Waals surface area contributed by atoms with Gasteiger partial charge in [0.1, 0.15) is 5.82 Å². The van der Waals surface area contributed by atoms with Crippen LogP contribution in [0.5, 0.6) is 0 Å². The Kier molecular flexibility index (Phi) is 5.84. The van der Waals surface area contributed by atoms with Gasteiger partial charge in [-0.15, -0.1) is 0 Å². The predicted octanol–water partition coefficient (Wildman–Crippen LogP) is 3.07. The van der Waals surface area contributed by atoms with Crippen molar-refractivity contribution in [3.05, 3.63) is 67.1 Å². The number of hydrogen-bond acceptors (Lipinski definition) is 6. The van der Waals surface area contributed by atoms with E-state index in [0.717, 1.165) is 22.2 Å². The van der Waals surface area contributed by atoms with Gasteiger partial charge in [0.05, 0.1) is 22.3 Å². The topological polar surface area (TPSA) is 110 Å². The zero-order valence-electron chi connectivity index (χ0n) is 18.6. The molecule has 0 bridgehead atoms. The summed E-state index contributed by atoms with van der Waals surface area (Å²) in [5.74, 6) is -0.0193. The number of pyridine rings is 2. The number of carbonyl (C=O) groups excluding carboxylic acids is 1. The summed E-state index contributed by atoms with van der Waals surface area (Å²) in [6, 6.07) is 14.0. The van der Waals surface area contributed by atoms with Crippen LogP contribution >= 0.6 is 0 Å². The molecule has 4 aromatic rings. The second-order valence-electron chi connectivity index (χ2n) is 8.34. The van der Waals surface area contributed by atoms with E-state index in [1.807, 2.05) is 25.4 Å². The number of nitrogens with one attached hydrogen (secondary N) is 1. The molecule has 1 aliphatic rings. The van der Waals surface area contributed by atoms with E-state index in [9.17, 15) is 13.2 Å². The summed E-state index contributed by atoms with van der Waals surface area (Å²) in [5, 5.41) is 7.93. The molecular weight excluding hydrogens is 452 g/mol. The van der Waals surface area contributed by atoms with Gasteiger partial charge in [-0.1, -0.05) is 18.2 Å². The lowest BCUT2D eigenvalue weighted by Crippen LogP contribution is -2.41. The Bertz CT molecular complexity index is 1440. The average molecular weight is 477 g/mol. The second-order valence-corrected chi connectivity index (χ2v) is 10.3. The summed E-state index contributed by atoms with van der Waals surface area (Å²) >= 11 is 0. The summed E-state index contributed by atoms with van der Waals surface area (Å²) in [6.07, 6.45) is 6.23. The van der Waals surface area contributed by atoms with Crippen molar-refractivity contribution in [1.82, 2.24) is 24.1 Å². The Labute approximate surface area is 197 Å². The SMILES string of the molecule is Cn1cc(-c2ccc3cnc(NC(=O)C4CCN(S(=O)(=O)c5ccccc5)CC4)cc3n2)cn1. The van der Waals surface area contributed by atoms with Crippen LogP contribution in [0.25, 0.3) is 22.2 Å². The second kappa shape index (κ2) is 8.96. The van der Waals surface area contributed by atoms with Crippen LogP contribution in [0.4, 0.5) is 5.82 Å². The van der Waals surface area contributed by atoms with Gasteiger partial charge in [-0.05, 0) is 37.1 Å². The predicted molar refractivity (Wildman–Crippen MR) is 128 cm³/mol. The maximum absolute atomic E-state index is 12.9. The van der Waals surface area contributed by atoms with Crippen LogP contribution < -0.4 is 5.32 Å². The van der Waals surface area contributed by atoms with Crippen molar-refractivity contribution in [3.8, 4) is 11.3 Å². The minimum atomic E-state index is -3.54. The van der Waals surface area contributed by atoms with E-state index < -0.39 is 10.0 Å². The third kappa shape index (κ3) is 4.42. The Morgan fingerprint density at radius 2 is 1.82 bits per heavy atom. The number of sulfonamides is 1. The number of amides is 1. The maximum atomic E-state index is 12.9. The summed E-state index contributed by atoms with van der Waals surface area (Å²) < 4.78 is 28.8. The van der Waals surface area contributed by atoms with Crippen LogP contribution in [0.1, 0.15) is 12.8 Å². The molecule has 174 valence electrons. The molecule has 1 fully saturated rings. The lowest BCUT2D eigenvalue weighted by molar-refractivity contribution is -0.120. The molecule has 0 unspecified atom stereocenters. The Morgan fingerprint density at radius 1 is 1.06 bits per heavy atom. The van der Waals surface area contributed by atoms with Crippen LogP contribution in [0.3, 0.4) is 0 Å². The number of fused-ring (bicyclic) bond motifs is 1. The molecule has 34 heavy (non-hydrogen) atoms. The fraction of sp³-hybridized carbons (Fsp3) is 0.250. The maximum Gasteiger partial charge on any atom is 0.243 e. The van der Waals surface area contributed by atoms with Gasteiger partial charge < -0.3 is 5.32 Å². The van der Waals surface area contributed by atoms with Crippen molar-refractivity contribution in [2.45, 2.75) is 17.7 Å². The van der Waals surface area contributed by atoms with Crippen molar-refractivity contribution in [1.29, 1.82) is 0 Å². The zero-order chi connectivity index (χ0) is 23.7. The fourth-order valence-electron chi connectivity index (χ4n) is 4.13. The summed E-state index contributed by atoms with van der Waals surface area (Å²) in [4.78, 5) is 22.2. The van der Waals surface area contributed by atoms with Gasteiger partial charge in [0, 0.05) is 55.5 Å². The highest BCUT2D eigenvalue weighted by molar-refractivity contribution is 7.89. The monoisotopic (exact) mass is 476 g/mol. The Morgan fingerprint density at radius 3 is 2.53 bits per heavy atom. The minimum Gasteiger partial charge on any atom is -0.310 e. The van der Waals surface area contributed by atoms with E-state index >= 15 is 0 Å². The first-order valence-electron chi connectivity index (χ1n) is 11.0. The van der Waals surface area contributed by atoms with Gasteiger partial charge >= 0.3 is 0 Å². The highest BCUT2D eigenvalue weighted by Crippen LogP contribution is 2.26. The molecule has 0 aliphatic carbocycles. The quantitative estimate of drug-likeness (QED) is 0.474. The molecule has 9 nitrogen and oxygen atoms in total. The summed E-state index contributed by atoms with van der Waals surface area (Å²) in [6.45, 7) is 0.604. The zero-order valence-corrected chi connectivity index (χ0v) is 19.4. The molecule has 1 N–H and O–H groups in total. The molecule has 1 saturated heterocycles. The number of anilines is 1. The van der Waals surface area contributed by atoms with Gasteiger partial charge in [0.25, 0.3) is 0 Å². The van der Waals surface area contributed by atoms with Crippen LogP contribution in [-0.4, -0.2) is 51.5 Å². The Balaban J connectivity index is 1.26. The molecule has 3 aromatic heterocycles. The van der Waals surface area contributed by atoms with Gasteiger partial charge in [-0.25, -0.2) is 18.4 Å². The van der Waals surface area contributed by atoms with Crippen molar-refractivity contribution in [3.63, 3.8) is 0 Å². The first kappa shape index (κ1) is 22.2. The van der Waals surface area contributed by atoms with Crippen molar-refractivity contribution < 1.29 is 13.2 Å². The summed E-state index contributed by atoms with van der Waals surface area (Å²) in [5.41, 5.74) is 2.41. The van der Waals surface area contributed by atoms with Crippen LogP contribution in [0.2, 0.25) is 0 Å². The number of aryl methyl sites for hydroxylation is 1. The first-order chi connectivity index (χ1) is 16.4. The molecule has 5 rings (SSSR count). The number of benzene rings is 1. The normalized spacial score (nSPS) is 15.4. The molecule has 0 spiro atoms. The smallest absolute Gasteiger partial charge is 0.243 e. The minimum absolute atomic E-state index is 0.160. The van der Waals surface area contributed by atoms with Gasteiger partial charge in [-0.3, -0.25) is 9.48 Å². The van der Waals surface area contributed by atoms with E-state index in [-0.39, 0.29) is 16.7 Å². The number of hydrogen-bond donors (Lipinski definition) is 1. The highest BCUT2D eigenvalue weighted by Gasteiger charge is 2.32. The van der Waals surface area contributed by atoms with Crippen molar-refractivity contribution in [2.24, 2.45) is 13.0 Å². The summed E-state index contributed by atoms with van der Waals surface area (Å²) in [7, 11) is -1.69. The van der Waals surface area contributed by atoms with Crippen LogP contribution in [0.15, 0.2) is 72.0 Å². The molecule has 1 aromatic carbocycles. The molecule has 1 aliphatic heterocycles. The molecular formula is C24H24N6O3S. The number of piperidine rings is 1. The molecule has 4 heterocycles. The number of aromatic nitrogens is 4. The van der Waals surface area contributed by atoms with Gasteiger partial charge in [0.2, 0.25) is 15.9 Å². The lowest BCUT2D eigenvalue weighted by atomic mass is 9.97. The van der Waals surface area contributed by atoms with E-state index in [4.69, 9.17) is 0 Å². The van der Waals surface area contributed by atoms with Gasteiger partial charge in [0.15, 0.2) is 0 Å². The molecule has 0 atom stereocenters. The van der Waals surface area contributed by atoms with Crippen LogP contribution in [0, 0.1) is 5.92 Å². The van der Waals surface area contributed by atoms with Crippen molar-refractivity contribution >= 4 is 32.7 Å². The third-order valence-corrected chi connectivity index (χ3v) is 7.94. The number of carbonyl (C=O) groups is 1. The van der Waals surface area contributed by atoms with Crippen molar-refractivity contribution in [2.75, 3.05) is 18.4 Å². The van der Waals surface area contributed by atoms with E-state index in [1.165, 1.54) is 4.31 Å². The fourth-order valence-corrected chi connectivity index (χ4v) is 5.62. The van der Waals surface area contributed by atoms with Gasteiger partial charge in [-0.2, -0.15) is 9.40 Å². The third-order valence-electron chi connectivity index (χ3n) is 6.03. The number of rotatable bonds is 5. The first-order valence-corrected chi connectivity index (χ1v) is 12.5. The standard InChI is InChI=1S/C24H24N6O3S/c1-29-16-19(15-26-29)21-8-7-18-14-25-23(13-22(18)27-21)28-24(31)17-9-11-30(12-10-17)34(32,33)20-5-3-2-4-6-20/h2-8,13-17H,9-12H2,1H3,(H,25,28,31). The largest absolute Gasteiger partial charge is 0.310 e. The van der Waals surface area contributed by atoms with E-state index in [2.05, 4.69) is 20.4 Å². The average Bonchev–Trinajstić information content (AvgIpc) is 3.30. The molecule has 10 heteroatoms. The molecule has 0 radical (unpaired) electrons. The molecule has 1 amide bonds. The van der Waals surface area contributed by atoms with E-state index in [1.54, 1.807) is 53.5 Å². The highest BCUT2D eigenvalue weighted by atomic mass is 32.2. The lowest BCUT2D eigenvalue weighted by Gasteiger charge is -2.30.